The first kappa shape index (κ1) is 26.7. The number of rotatable bonds is 4. The number of likely N-dealkylation sites (tertiary alicyclic amines) is 1. The fourth-order valence-electron chi connectivity index (χ4n) is 4.56. The molecule has 0 aromatic heterocycles. The van der Waals surface area contributed by atoms with E-state index >= 15 is 0 Å². The van der Waals surface area contributed by atoms with Crippen LogP contribution in [-0.2, 0) is 27.4 Å². The van der Waals surface area contributed by atoms with Crippen LogP contribution in [0.3, 0.4) is 0 Å². The van der Waals surface area contributed by atoms with Gasteiger partial charge in [-0.15, -0.1) is 0 Å². The zero-order chi connectivity index (χ0) is 25.6. The number of benzene rings is 2. The van der Waals surface area contributed by atoms with E-state index < -0.39 is 12.1 Å². The van der Waals surface area contributed by atoms with E-state index in [2.05, 4.69) is 49.1 Å². The Morgan fingerprint density at radius 1 is 1.09 bits per heavy atom. The maximum Gasteiger partial charge on any atom is 0.490 e. The van der Waals surface area contributed by atoms with Gasteiger partial charge in [0, 0.05) is 44.6 Å². The highest BCUT2D eigenvalue weighted by molar-refractivity contribution is 5.79. The van der Waals surface area contributed by atoms with Gasteiger partial charge in [0.25, 0.3) is 0 Å². The number of ether oxygens (including phenoxy) is 1. The van der Waals surface area contributed by atoms with Gasteiger partial charge in [-0.3, -0.25) is 9.69 Å². The summed E-state index contributed by atoms with van der Waals surface area (Å²) in [6, 6.07) is 16.9. The molecule has 2 aromatic carbocycles. The first-order valence-electron chi connectivity index (χ1n) is 11.5. The molecule has 1 amide bonds. The van der Waals surface area contributed by atoms with Gasteiger partial charge >= 0.3 is 12.1 Å². The largest absolute Gasteiger partial charge is 0.490 e. The molecule has 0 bridgehead atoms. The van der Waals surface area contributed by atoms with Gasteiger partial charge in [-0.1, -0.05) is 54.1 Å². The topological polar surface area (TPSA) is 70.1 Å². The number of amides is 1. The van der Waals surface area contributed by atoms with Gasteiger partial charge in [0.15, 0.2) is 0 Å². The molecule has 6 nitrogen and oxygen atoms in total. The predicted molar refractivity (Wildman–Crippen MR) is 125 cm³/mol. The molecule has 1 atom stereocenters. The number of carbonyl (C=O) groups excluding carboxylic acids is 1. The van der Waals surface area contributed by atoms with Crippen LogP contribution in [0.2, 0.25) is 0 Å². The Morgan fingerprint density at radius 2 is 1.77 bits per heavy atom. The third-order valence-corrected chi connectivity index (χ3v) is 6.28. The Bertz CT molecular complexity index is 1030. The van der Waals surface area contributed by atoms with Crippen molar-refractivity contribution in [3.63, 3.8) is 0 Å². The zero-order valence-corrected chi connectivity index (χ0v) is 20.0. The van der Waals surface area contributed by atoms with Crippen LogP contribution in [0.25, 0.3) is 0 Å². The van der Waals surface area contributed by atoms with Gasteiger partial charge in [0.05, 0.1) is 13.2 Å². The van der Waals surface area contributed by atoms with Crippen LogP contribution in [0.4, 0.5) is 13.2 Å². The summed E-state index contributed by atoms with van der Waals surface area (Å²) in [6.45, 7) is 9.97. The molecule has 2 fully saturated rings. The molecule has 0 saturated carbocycles. The molecule has 2 aromatic rings. The summed E-state index contributed by atoms with van der Waals surface area (Å²) in [5.41, 5.74) is 5.10. The molecule has 2 aliphatic rings. The van der Waals surface area contributed by atoms with E-state index in [4.69, 9.17) is 14.6 Å². The average molecular weight is 493 g/mol. The van der Waals surface area contributed by atoms with Crippen LogP contribution >= 0.6 is 0 Å². The fraction of sp³-hybridized carbons (Fsp3) is 0.462. The fourth-order valence-corrected chi connectivity index (χ4v) is 4.56. The molecule has 1 unspecified atom stereocenters. The van der Waals surface area contributed by atoms with Gasteiger partial charge < -0.3 is 14.7 Å². The minimum absolute atomic E-state index is 0.0971. The van der Waals surface area contributed by atoms with E-state index in [-0.39, 0.29) is 11.3 Å². The zero-order valence-electron chi connectivity index (χ0n) is 20.0. The van der Waals surface area contributed by atoms with E-state index in [1.165, 1.54) is 22.3 Å². The van der Waals surface area contributed by atoms with Crippen LogP contribution in [0.1, 0.15) is 28.7 Å². The average Bonchev–Trinajstić information content (AvgIpc) is 2.95. The number of hydrogen-bond acceptors (Lipinski definition) is 4. The SMILES string of the molecule is Cc1ccc(C)c(CN2CCOCC3(CC(=O)N(Cc4ccccc4)C3)C2)c1.O=C(O)C(F)(F)F. The Hall–Kier alpha value is -2.91. The Balaban J connectivity index is 0.000000429. The van der Waals surface area contributed by atoms with Gasteiger partial charge in [-0.25, -0.2) is 4.79 Å². The van der Waals surface area contributed by atoms with Crippen molar-refractivity contribution in [2.24, 2.45) is 5.41 Å². The molecule has 4 rings (SSSR count). The lowest BCUT2D eigenvalue weighted by atomic mass is 9.87. The molecule has 1 N–H and O–H groups in total. The van der Waals surface area contributed by atoms with Crippen molar-refractivity contribution >= 4 is 11.9 Å². The molecule has 0 aliphatic carbocycles. The number of carboxylic acids is 1. The summed E-state index contributed by atoms with van der Waals surface area (Å²) in [7, 11) is 0. The van der Waals surface area contributed by atoms with E-state index in [0.29, 0.717) is 19.6 Å². The highest BCUT2D eigenvalue weighted by atomic mass is 19.4. The normalized spacial score (nSPS) is 20.9. The maximum atomic E-state index is 12.8. The van der Waals surface area contributed by atoms with E-state index in [1.54, 1.807) is 0 Å². The lowest BCUT2D eigenvalue weighted by molar-refractivity contribution is -0.192. The highest BCUT2D eigenvalue weighted by Gasteiger charge is 2.45. The van der Waals surface area contributed by atoms with E-state index in [1.807, 2.05) is 23.1 Å². The number of hydrogen-bond donors (Lipinski definition) is 1. The molecule has 0 radical (unpaired) electrons. The summed E-state index contributed by atoms with van der Waals surface area (Å²) in [6.07, 6.45) is -4.50. The van der Waals surface area contributed by atoms with Gasteiger partial charge in [-0.05, 0) is 30.5 Å². The highest BCUT2D eigenvalue weighted by Crippen LogP contribution is 2.35. The summed E-state index contributed by atoms with van der Waals surface area (Å²) < 4.78 is 37.7. The number of nitrogens with zero attached hydrogens (tertiary/aromatic N) is 2. The van der Waals surface area contributed by atoms with E-state index in [9.17, 15) is 18.0 Å². The minimum atomic E-state index is -5.08. The molecule has 35 heavy (non-hydrogen) atoms. The van der Waals surface area contributed by atoms with Crippen molar-refractivity contribution in [1.29, 1.82) is 0 Å². The number of halogens is 3. The monoisotopic (exact) mass is 492 g/mol. The molecule has 1 spiro atoms. The van der Waals surface area contributed by atoms with Crippen LogP contribution in [0, 0.1) is 19.3 Å². The second kappa shape index (κ2) is 11.2. The Labute approximate surface area is 203 Å². The summed E-state index contributed by atoms with van der Waals surface area (Å²) in [5.74, 6) is -2.51. The first-order valence-corrected chi connectivity index (χ1v) is 11.5. The molecule has 2 heterocycles. The van der Waals surface area contributed by atoms with Crippen LogP contribution in [0.5, 0.6) is 0 Å². The number of alkyl halides is 3. The second-order valence-electron chi connectivity index (χ2n) is 9.41. The third-order valence-electron chi connectivity index (χ3n) is 6.28. The standard InChI is InChI=1S/C24H30N2O2.C2HF3O2/c1-19-8-9-20(2)22(12-19)15-25-10-11-28-18-24(16-25)13-23(27)26(17-24)14-21-6-4-3-5-7-21;3-2(4,5)1(6)7/h3-9,12H,10-11,13-18H2,1-2H3;(H,6,7). The van der Waals surface area contributed by atoms with Gasteiger partial charge in [0.1, 0.15) is 0 Å². The number of aliphatic carboxylic acids is 1. The van der Waals surface area contributed by atoms with Crippen LogP contribution in [0.15, 0.2) is 48.5 Å². The number of aryl methyl sites for hydroxylation is 2. The molecule has 2 saturated heterocycles. The molecule has 190 valence electrons. The van der Waals surface area contributed by atoms with Crippen molar-refractivity contribution in [2.75, 3.05) is 32.8 Å². The lowest BCUT2D eigenvalue weighted by Gasteiger charge is -2.31. The summed E-state index contributed by atoms with van der Waals surface area (Å²) in [4.78, 5) is 26.2. The number of carbonyl (C=O) groups is 2. The van der Waals surface area contributed by atoms with E-state index in [0.717, 1.165) is 32.8 Å². The summed E-state index contributed by atoms with van der Waals surface area (Å²) in [5, 5.41) is 7.12. The molecular weight excluding hydrogens is 461 g/mol. The number of carboxylic acid groups (broad SMARTS) is 1. The Morgan fingerprint density at radius 3 is 2.43 bits per heavy atom. The van der Waals surface area contributed by atoms with Gasteiger partial charge in [-0.2, -0.15) is 13.2 Å². The Kier molecular flexibility index (Phi) is 8.56. The third kappa shape index (κ3) is 7.53. The molecular formula is C26H31F3N2O4. The van der Waals surface area contributed by atoms with Crippen molar-refractivity contribution in [1.82, 2.24) is 9.80 Å². The van der Waals surface area contributed by atoms with Crippen molar-refractivity contribution < 1.29 is 32.6 Å². The lowest BCUT2D eigenvalue weighted by Crippen LogP contribution is -2.40. The second-order valence-corrected chi connectivity index (χ2v) is 9.41. The quantitative estimate of drug-likeness (QED) is 0.693. The predicted octanol–water partition coefficient (Wildman–Crippen LogP) is 4.19. The first-order chi connectivity index (χ1) is 16.5. The molecule has 2 aliphatic heterocycles. The minimum Gasteiger partial charge on any atom is -0.475 e. The maximum absolute atomic E-state index is 12.8. The smallest absolute Gasteiger partial charge is 0.475 e. The van der Waals surface area contributed by atoms with Crippen molar-refractivity contribution in [3.05, 3.63) is 70.8 Å². The summed E-state index contributed by atoms with van der Waals surface area (Å²) >= 11 is 0. The van der Waals surface area contributed by atoms with Crippen molar-refractivity contribution in [2.45, 2.75) is 39.5 Å². The van der Waals surface area contributed by atoms with Crippen LogP contribution in [-0.4, -0.2) is 65.8 Å². The van der Waals surface area contributed by atoms with Gasteiger partial charge in [0.2, 0.25) is 5.91 Å². The van der Waals surface area contributed by atoms with Crippen molar-refractivity contribution in [3.8, 4) is 0 Å². The molecule has 9 heteroatoms. The van der Waals surface area contributed by atoms with Crippen LogP contribution < -0.4 is 0 Å².